The molecule has 3 heterocycles. The van der Waals surface area contributed by atoms with E-state index < -0.39 is 18.4 Å². The maximum Gasteiger partial charge on any atom is 0.167 e. The van der Waals surface area contributed by atoms with Crippen LogP contribution in [0, 0.1) is 0 Å². The molecule has 19 heavy (non-hydrogen) atoms. The lowest BCUT2D eigenvalue weighted by atomic mass is 10.1. The standard InChI is InChI=1S/C11H13N5O3/c12-10-9-11(14-4-13-10)16(5-15-9)8-2-1-6(18)7(3-17)19-8/h1-2,4-8,17-18H,3H2,(H2,12,13,14)/t6-,7+,8+/m1/s1. The fraction of sp³-hybridized carbons (Fsp3) is 0.364. The minimum Gasteiger partial charge on any atom is -0.394 e. The summed E-state index contributed by atoms with van der Waals surface area (Å²) in [6, 6.07) is 0. The number of nitrogens with zero attached hydrogens (tertiary/aromatic N) is 4. The predicted molar refractivity (Wildman–Crippen MR) is 65.9 cm³/mol. The summed E-state index contributed by atoms with van der Waals surface area (Å²) in [7, 11) is 0. The van der Waals surface area contributed by atoms with Crippen LogP contribution in [-0.2, 0) is 4.74 Å². The van der Waals surface area contributed by atoms with Crippen LogP contribution in [0.4, 0.5) is 5.82 Å². The molecule has 0 amide bonds. The van der Waals surface area contributed by atoms with E-state index in [1.54, 1.807) is 16.7 Å². The lowest BCUT2D eigenvalue weighted by Gasteiger charge is -2.28. The van der Waals surface area contributed by atoms with Gasteiger partial charge in [-0.05, 0) is 6.08 Å². The van der Waals surface area contributed by atoms with Gasteiger partial charge in [-0.1, -0.05) is 6.08 Å². The van der Waals surface area contributed by atoms with Crippen molar-refractivity contribution in [2.75, 3.05) is 12.3 Å². The first-order valence-corrected chi connectivity index (χ1v) is 5.76. The first kappa shape index (κ1) is 12.0. The van der Waals surface area contributed by atoms with Crippen LogP contribution < -0.4 is 5.73 Å². The third-order valence-electron chi connectivity index (χ3n) is 3.01. The van der Waals surface area contributed by atoms with Crippen LogP contribution in [0.25, 0.3) is 11.2 Å². The maximum atomic E-state index is 9.60. The molecule has 0 saturated carbocycles. The van der Waals surface area contributed by atoms with Gasteiger partial charge in [-0.25, -0.2) is 15.0 Å². The van der Waals surface area contributed by atoms with E-state index in [2.05, 4.69) is 15.0 Å². The first-order valence-electron chi connectivity index (χ1n) is 5.76. The van der Waals surface area contributed by atoms with Crippen molar-refractivity contribution in [3.05, 3.63) is 24.8 Å². The lowest BCUT2D eigenvalue weighted by Crippen LogP contribution is -2.36. The number of aliphatic hydroxyl groups is 2. The maximum absolute atomic E-state index is 9.60. The van der Waals surface area contributed by atoms with E-state index in [1.807, 2.05) is 0 Å². The van der Waals surface area contributed by atoms with Gasteiger partial charge in [0.25, 0.3) is 0 Å². The van der Waals surface area contributed by atoms with Gasteiger partial charge in [0.2, 0.25) is 0 Å². The van der Waals surface area contributed by atoms with Crippen LogP contribution >= 0.6 is 0 Å². The Kier molecular flexibility index (Phi) is 2.90. The third-order valence-corrected chi connectivity index (χ3v) is 3.01. The number of nitrogens with two attached hydrogens (primary N) is 1. The Labute approximate surface area is 108 Å². The largest absolute Gasteiger partial charge is 0.394 e. The van der Waals surface area contributed by atoms with Crippen molar-refractivity contribution in [2.45, 2.75) is 18.4 Å². The molecular formula is C11H13N5O3. The second-order valence-electron chi connectivity index (χ2n) is 4.21. The highest BCUT2D eigenvalue weighted by molar-refractivity contribution is 5.81. The summed E-state index contributed by atoms with van der Waals surface area (Å²) in [5, 5.41) is 18.7. The van der Waals surface area contributed by atoms with Crippen LogP contribution in [0.15, 0.2) is 24.8 Å². The smallest absolute Gasteiger partial charge is 0.167 e. The fourth-order valence-corrected chi connectivity index (χ4v) is 2.00. The number of aromatic nitrogens is 4. The van der Waals surface area contributed by atoms with Crippen molar-refractivity contribution in [1.29, 1.82) is 0 Å². The van der Waals surface area contributed by atoms with Crippen molar-refractivity contribution in [1.82, 2.24) is 19.5 Å². The molecule has 4 N–H and O–H groups in total. The molecule has 0 spiro atoms. The third kappa shape index (κ3) is 1.95. The summed E-state index contributed by atoms with van der Waals surface area (Å²) in [5.74, 6) is 0.294. The SMILES string of the molecule is Nc1ncnc2c1ncn2[C@@H]1C=C[C@@H](O)[C@H](CO)O1. The Morgan fingerprint density at radius 2 is 2.16 bits per heavy atom. The molecule has 1 aliphatic rings. The van der Waals surface area contributed by atoms with Gasteiger partial charge in [0.1, 0.15) is 24.1 Å². The summed E-state index contributed by atoms with van der Waals surface area (Å²) in [6.45, 7) is -0.272. The van der Waals surface area contributed by atoms with Gasteiger partial charge in [0.05, 0.1) is 12.9 Å². The van der Waals surface area contributed by atoms with Gasteiger partial charge in [-0.2, -0.15) is 0 Å². The molecule has 3 atom stereocenters. The van der Waals surface area contributed by atoms with E-state index in [-0.39, 0.29) is 6.61 Å². The van der Waals surface area contributed by atoms with Crippen LogP contribution in [-0.4, -0.2) is 48.5 Å². The molecule has 0 aromatic carbocycles. The number of imidazole rings is 1. The van der Waals surface area contributed by atoms with Crippen molar-refractivity contribution >= 4 is 17.0 Å². The van der Waals surface area contributed by atoms with Gasteiger partial charge in [-0.3, -0.25) is 4.57 Å². The summed E-state index contributed by atoms with van der Waals surface area (Å²) in [4.78, 5) is 12.1. The number of rotatable bonds is 2. The first-order chi connectivity index (χ1) is 9.20. The fourth-order valence-electron chi connectivity index (χ4n) is 2.00. The van der Waals surface area contributed by atoms with E-state index in [1.165, 1.54) is 12.7 Å². The molecule has 2 aromatic rings. The monoisotopic (exact) mass is 263 g/mol. The van der Waals surface area contributed by atoms with Gasteiger partial charge >= 0.3 is 0 Å². The normalized spacial score (nSPS) is 26.9. The highest BCUT2D eigenvalue weighted by atomic mass is 16.5. The number of hydrogen-bond acceptors (Lipinski definition) is 7. The van der Waals surface area contributed by atoms with E-state index in [0.717, 1.165) is 0 Å². The Bertz CT molecular complexity index is 626. The molecule has 8 nitrogen and oxygen atoms in total. The van der Waals surface area contributed by atoms with E-state index in [0.29, 0.717) is 17.0 Å². The molecule has 100 valence electrons. The molecule has 0 radical (unpaired) electrons. The van der Waals surface area contributed by atoms with Gasteiger partial charge in [-0.15, -0.1) is 0 Å². The second-order valence-corrected chi connectivity index (χ2v) is 4.21. The molecule has 0 aliphatic carbocycles. The van der Waals surface area contributed by atoms with Crippen molar-refractivity contribution in [3.63, 3.8) is 0 Å². The van der Waals surface area contributed by atoms with Gasteiger partial charge in [0, 0.05) is 0 Å². The van der Waals surface area contributed by atoms with E-state index in [4.69, 9.17) is 15.6 Å². The van der Waals surface area contributed by atoms with Crippen molar-refractivity contribution < 1.29 is 14.9 Å². The van der Waals surface area contributed by atoms with Gasteiger partial charge < -0.3 is 20.7 Å². The zero-order valence-corrected chi connectivity index (χ0v) is 9.92. The zero-order chi connectivity index (χ0) is 13.4. The summed E-state index contributed by atoms with van der Waals surface area (Å²) < 4.78 is 7.24. The number of aliphatic hydroxyl groups excluding tert-OH is 2. The van der Waals surface area contributed by atoms with E-state index in [9.17, 15) is 5.11 Å². The molecule has 1 aliphatic heterocycles. The summed E-state index contributed by atoms with van der Waals surface area (Å²) in [5.41, 5.74) is 6.74. The quantitative estimate of drug-likeness (QED) is 0.608. The zero-order valence-electron chi connectivity index (χ0n) is 9.92. The molecule has 3 rings (SSSR count). The van der Waals surface area contributed by atoms with E-state index >= 15 is 0 Å². The summed E-state index contributed by atoms with van der Waals surface area (Å²) >= 11 is 0. The van der Waals surface area contributed by atoms with Crippen LogP contribution in [0.3, 0.4) is 0 Å². The number of anilines is 1. The Balaban J connectivity index is 2.01. The summed E-state index contributed by atoms with van der Waals surface area (Å²) in [6.07, 6.45) is 4.14. The molecular weight excluding hydrogens is 250 g/mol. The highest BCUT2D eigenvalue weighted by Gasteiger charge is 2.27. The van der Waals surface area contributed by atoms with Crippen molar-refractivity contribution in [3.8, 4) is 0 Å². The molecule has 0 bridgehead atoms. The lowest BCUT2D eigenvalue weighted by molar-refractivity contribution is -0.102. The Morgan fingerprint density at radius 3 is 2.95 bits per heavy atom. The topological polar surface area (TPSA) is 119 Å². The average Bonchev–Trinajstić information content (AvgIpc) is 2.85. The molecule has 0 fully saturated rings. The number of ether oxygens (including phenoxy) is 1. The predicted octanol–water partition coefficient (Wildman–Crippen LogP) is -0.785. The van der Waals surface area contributed by atoms with Gasteiger partial charge in [0.15, 0.2) is 17.7 Å². The minimum absolute atomic E-state index is 0.272. The molecule has 2 aromatic heterocycles. The Hall–Kier alpha value is -2.03. The van der Waals surface area contributed by atoms with Crippen molar-refractivity contribution in [2.24, 2.45) is 0 Å². The second kappa shape index (κ2) is 4.57. The van der Waals surface area contributed by atoms with Crippen LogP contribution in [0.2, 0.25) is 0 Å². The number of fused-ring (bicyclic) bond motifs is 1. The number of nitrogen functional groups attached to an aromatic ring is 1. The van der Waals surface area contributed by atoms with Crippen LogP contribution in [0.1, 0.15) is 6.23 Å². The number of hydrogen-bond donors (Lipinski definition) is 3. The molecule has 0 unspecified atom stereocenters. The van der Waals surface area contributed by atoms with Crippen LogP contribution in [0.5, 0.6) is 0 Å². The highest BCUT2D eigenvalue weighted by Crippen LogP contribution is 2.25. The molecule has 0 saturated heterocycles. The average molecular weight is 263 g/mol. The Morgan fingerprint density at radius 1 is 1.32 bits per heavy atom. The molecule has 8 heteroatoms. The minimum atomic E-state index is -0.823.